The highest BCUT2D eigenvalue weighted by atomic mass is 32.1. The Labute approximate surface area is 198 Å². The molecule has 0 saturated heterocycles. The highest BCUT2D eigenvalue weighted by Crippen LogP contribution is 2.39. The molecule has 0 spiro atoms. The van der Waals surface area contributed by atoms with Gasteiger partial charge in [-0.25, -0.2) is 4.79 Å². The van der Waals surface area contributed by atoms with E-state index in [0.717, 1.165) is 16.7 Å². The van der Waals surface area contributed by atoms with Crippen LogP contribution in [0.15, 0.2) is 40.8 Å². The number of hydrogen-bond acceptors (Lipinski definition) is 5. The maximum absolute atomic E-state index is 13.2. The van der Waals surface area contributed by atoms with Crippen molar-refractivity contribution in [3.05, 3.63) is 51.9 Å². The van der Waals surface area contributed by atoms with E-state index >= 15 is 0 Å². The molecule has 1 aliphatic carbocycles. The van der Waals surface area contributed by atoms with Crippen LogP contribution >= 0.6 is 11.3 Å². The smallest absolute Gasteiger partial charge is 0.341 e. The number of methoxy groups -OCH3 is 1. The topological polar surface area (TPSA) is 92.7 Å². The number of amides is 1. The summed E-state index contributed by atoms with van der Waals surface area (Å²) in [4.78, 5) is 37.6. The first kappa shape index (κ1) is 24.7. The number of anilines is 1. The second-order valence-electron chi connectivity index (χ2n) is 9.68. The average molecular weight is 470 g/mol. The molecule has 1 aliphatic rings. The molecule has 0 unspecified atom stereocenters. The van der Waals surface area contributed by atoms with Gasteiger partial charge in [0.15, 0.2) is 0 Å². The van der Waals surface area contributed by atoms with Crippen molar-refractivity contribution in [3.63, 3.8) is 0 Å². The second-order valence-corrected chi connectivity index (χ2v) is 10.6. The lowest BCUT2D eigenvalue weighted by molar-refractivity contribution is -0.146. The molecule has 33 heavy (non-hydrogen) atoms. The summed E-state index contributed by atoms with van der Waals surface area (Å²) in [6.45, 7) is 10.2. The third kappa shape index (κ3) is 5.19. The van der Waals surface area contributed by atoms with Crippen molar-refractivity contribution in [3.8, 4) is 11.1 Å². The number of allylic oxidation sites excluding steroid dienone is 2. The van der Waals surface area contributed by atoms with Crippen molar-refractivity contribution in [2.24, 2.45) is 11.8 Å². The summed E-state index contributed by atoms with van der Waals surface area (Å²) < 4.78 is 5.01. The summed E-state index contributed by atoms with van der Waals surface area (Å²) in [7, 11) is 1.30. The van der Waals surface area contributed by atoms with Crippen molar-refractivity contribution in [1.82, 2.24) is 0 Å². The Hall–Kier alpha value is -2.93. The molecule has 6 nitrogen and oxygen atoms in total. The van der Waals surface area contributed by atoms with Crippen molar-refractivity contribution in [2.45, 2.75) is 52.9 Å². The van der Waals surface area contributed by atoms with Crippen molar-refractivity contribution in [1.29, 1.82) is 0 Å². The van der Waals surface area contributed by atoms with Crippen LogP contribution in [0.1, 0.15) is 63.4 Å². The Morgan fingerprint density at radius 2 is 1.61 bits per heavy atom. The van der Waals surface area contributed by atoms with Gasteiger partial charge in [-0.1, -0.05) is 56.2 Å². The zero-order valence-corrected chi connectivity index (χ0v) is 20.8. The Bertz CT molecular complexity index is 1100. The third-order valence-corrected chi connectivity index (χ3v) is 7.30. The van der Waals surface area contributed by atoms with E-state index in [1.165, 1.54) is 24.0 Å². The molecule has 7 heteroatoms. The molecule has 2 N–H and O–H groups in total. The van der Waals surface area contributed by atoms with Crippen LogP contribution in [0.5, 0.6) is 0 Å². The number of hydrogen-bond donors (Lipinski definition) is 2. The lowest BCUT2D eigenvalue weighted by Crippen LogP contribution is -2.36. The summed E-state index contributed by atoms with van der Waals surface area (Å²) in [5.74, 6) is -3.42. The Morgan fingerprint density at radius 3 is 2.12 bits per heavy atom. The molecular weight excluding hydrogens is 438 g/mol. The molecule has 0 saturated carbocycles. The lowest BCUT2D eigenvalue weighted by atomic mass is 9.76. The van der Waals surface area contributed by atoms with E-state index in [2.05, 4.69) is 26.1 Å². The van der Waals surface area contributed by atoms with Crippen molar-refractivity contribution in [2.75, 3.05) is 12.4 Å². The van der Waals surface area contributed by atoms with Gasteiger partial charge in [-0.05, 0) is 43.2 Å². The van der Waals surface area contributed by atoms with E-state index in [0.29, 0.717) is 23.4 Å². The average Bonchev–Trinajstić information content (AvgIpc) is 3.17. The number of rotatable bonds is 5. The van der Waals surface area contributed by atoms with E-state index in [-0.39, 0.29) is 11.0 Å². The SMILES string of the molecule is COC(=O)c1c(-c2ccc(C(C)(C)C)cc2)csc1NC(=O)[C@@H]1CC(C)=C(C)C[C@@H]1C(=O)O. The number of carboxylic acids is 1. The van der Waals surface area contributed by atoms with Gasteiger partial charge in [-0.15, -0.1) is 11.3 Å². The van der Waals surface area contributed by atoms with Crippen LogP contribution in [0.25, 0.3) is 11.1 Å². The van der Waals surface area contributed by atoms with Gasteiger partial charge in [0.1, 0.15) is 10.6 Å². The molecule has 3 rings (SSSR count). The number of nitrogens with one attached hydrogen (secondary N) is 1. The number of aliphatic carboxylic acids is 1. The van der Waals surface area contributed by atoms with E-state index in [1.807, 2.05) is 43.5 Å². The zero-order chi connectivity index (χ0) is 24.5. The summed E-state index contributed by atoms with van der Waals surface area (Å²) in [5.41, 5.74) is 5.02. The van der Waals surface area contributed by atoms with Gasteiger partial charge < -0.3 is 15.2 Å². The van der Waals surface area contributed by atoms with Crippen LogP contribution in [0.4, 0.5) is 5.00 Å². The van der Waals surface area contributed by atoms with Crippen molar-refractivity contribution >= 4 is 34.2 Å². The molecule has 0 radical (unpaired) electrons. The molecule has 2 aromatic rings. The van der Waals surface area contributed by atoms with Crippen LogP contribution in [-0.4, -0.2) is 30.1 Å². The van der Waals surface area contributed by atoms with E-state index in [9.17, 15) is 19.5 Å². The highest BCUT2D eigenvalue weighted by Gasteiger charge is 2.38. The molecule has 1 heterocycles. The molecular formula is C26H31NO5S. The normalized spacial score (nSPS) is 18.7. The maximum atomic E-state index is 13.2. The standard InChI is InChI=1S/C26H31NO5S/c1-14-11-18(19(24(29)30)12-15(14)2)22(28)27-23-21(25(31)32-6)20(13-33-23)16-7-9-17(10-8-16)26(3,4)5/h7-10,13,18-19H,11-12H2,1-6H3,(H,27,28)(H,29,30)/t18-,19+/m1/s1. The largest absolute Gasteiger partial charge is 0.481 e. The summed E-state index contributed by atoms with van der Waals surface area (Å²) >= 11 is 1.24. The van der Waals surface area contributed by atoms with Crippen LogP contribution in [0, 0.1) is 11.8 Å². The summed E-state index contributed by atoms with van der Waals surface area (Å²) in [6.07, 6.45) is 0.730. The molecule has 0 aliphatic heterocycles. The van der Waals surface area contributed by atoms with Crippen LogP contribution < -0.4 is 5.32 Å². The van der Waals surface area contributed by atoms with Gasteiger partial charge in [0.05, 0.1) is 18.9 Å². The monoisotopic (exact) mass is 469 g/mol. The Balaban J connectivity index is 1.94. The maximum Gasteiger partial charge on any atom is 0.341 e. The van der Waals surface area contributed by atoms with Crippen LogP contribution in [0.3, 0.4) is 0 Å². The first-order valence-electron chi connectivity index (χ1n) is 10.9. The highest BCUT2D eigenvalue weighted by molar-refractivity contribution is 7.15. The minimum Gasteiger partial charge on any atom is -0.481 e. The van der Waals surface area contributed by atoms with E-state index in [4.69, 9.17) is 4.74 Å². The number of carbonyl (C=O) groups is 3. The predicted molar refractivity (Wildman–Crippen MR) is 131 cm³/mol. The number of benzene rings is 1. The van der Waals surface area contributed by atoms with Gasteiger partial charge in [0, 0.05) is 10.9 Å². The molecule has 2 atom stereocenters. The van der Waals surface area contributed by atoms with Crippen LogP contribution in [0.2, 0.25) is 0 Å². The van der Waals surface area contributed by atoms with Crippen LogP contribution in [-0.2, 0) is 19.7 Å². The fourth-order valence-electron chi connectivity index (χ4n) is 4.15. The fourth-order valence-corrected chi connectivity index (χ4v) is 5.11. The van der Waals surface area contributed by atoms with Gasteiger partial charge in [-0.3, -0.25) is 9.59 Å². The quantitative estimate of drug-likeness (QED) is 0.421. The van der Waals surface area contributed by atoms with Crippen molar-refractivity contribution < 1.29 is 24.2 Å². The number of thiophene rings is 1. The van der Waals surface area contributed by atoms with Gasteiger partial charge in [0.2, 0.25) is 5.91 Å². The molecule has 1 aromatic carbocycles. The van der Waals surface area contributed by atoms with Gasteiger partial charge in [-0.2, -0.15) is 0 Å². The molecule has 176 valence electrons. The van der Waals surface area contributed by atoms with E-state index < -0.39 is 29.7 Å². The molecule has 0 fully saturated rings. The fraction of sp³-hybridized carbons (Fsp3) is 0.423. The molecule has 1 aromatic heterocycles. The second kappa shape index (κ2) is 9.51. The number of carboxylic acid groups (broad SMARTS) is 1. The number of carbonyl (C=O) groups excluding carboxylic acids is 2. The molecule has 1 amide bonds. The molecule has 0 bridgehead atoms. The zero-order valence-electron chi connectivity index (χ0n) is 19.9. The minimum absolute atomic E-state index is 0.00308. The Morgan fingerprint density at radius 1 is 1.03 bits per heavy atom. The number of ether oxygens (including phenoxy) is 1. The minimum atomic E-state index is -0.985. The summed E-state index contributed by atoms with van der Waals surface area (Å²) in [6, 6.07) is 7.98. The van der Waals surface area contributed by atoms with Gasteiger partial charge >= 0.3 is 11.9 Å². The lowest BCUT2D eigenvalue weighted by Gasteiger charge is -2.29. The first-order chi connectivity index (χ1) is 15.4. The summed E-state index contributed by atoms with van der Waals surface area (Å²) in [5, 5.41) is 14.7. The Kier molecular flexibility index (Phi) is 7.12. The first-order valence-corrected chi connectivity index (χ1v) is 11.8. The third-order valence-electron chi connectivity index (χ3n) is 6.40. The predicted octanol–water partition coefficient (Wildman–Crippen LogP) is 5.88. The van der Waals surface area contributed by atoms with Gasteiger partial charge in [0.25, 0.3) is 0 Å². The number of esters is 1. The van der Waals surface area contributed by atoms with E-state index in [1.54, 1.807) is 0 Å².